The van der Waals surface area contributed by atoms with Gasteiger partial charge >= 0.3 is 11.9 Å². The summed E-state index contributed by atoms with van der Waals surface area (Å²) in [6.07, 6.45) is 1.62. The van der Waals surface area contributed by atoms with Crippen molar-refractivity contribution in [2.45, 2.75) is 27.1 Å². The summed E-state index contributed by atoms with van der Waals surface area (Å²) in [5, 5.41) is 2.45. The Kier molecular flexibility index (Phi) is 7.69. The average Bonchev–Trinajstić information content (AvgIpc) is 2.97. The van der Waals surface area contributed by atoms with Crippen LogP contribution in [0.15, 0.2) is 77.7 Å². The lowest BCUT2D eigenvalue weighted by atomic mass is 9.90. The number of hydrogen-bond acceptors (Lipinski definition) is 8. The first-order valence-electron chi connectivity index (χ1n) is 12.9. The Balaban J connectivity index is 1.83. The summed E-state index contributed by atoms with van der Waals surface area (Å²) in [5.41, 5.74) is 3.20. The van der Waals surface area contributed by atoms with Crippen molar-refractivity contribution in [3.05, 3.63) is 94.4 Å². The smallest absolute Gasteiger partial charge is 0.302 e. The van der Waals surface area contributed by atoms with Crippen molar-refractivity contribution in [1.29, 1.82) is 0 Å². The van der Waals surface area contributed by atoms with Crippen LogP contribution in [0.2, 0.25) is 0 Å². The maximum Gasteiger partial charge on any atom is 0.302 e. The van der Waals surface area contributed by atoms with Crippen LogP contribution in [0, 0.1) is 0 Å². The van der Waals surface area contributed by atoms with Gasteiger partial charge in [-0.2, -0.15) is 0 Å². The Morgan fingerprint density at radius 3 is 2.24 bits per heavy atom. The molecule has 2 heterocycles. The zero-order chi connectivity index (χ0) is 29.1. The second kappa shape index (κ2) is 11.5. The molecule has 3 aromatic carbocycles. The standard InChI is InChI=1S/C32H28N2O7/c1-19(35)40-17-24-13-23-14-28(38-3)29(39-4)16-25(23)32(26(24)18-41-20(2)36)22-11-12-33-30(15-22)34-27-8-6-5-7-21(27)9-10-31(34)37/h5-16H,17-18H2,1-4H3. The summed E-state index contributed by atoms with van der Waals surface area (Å²) < 4.78 is 23.6. The number of carbonyl (C=O) groups excluding carboxylic acids is 2. The lowest BCUT2D eigenvalue weighted by Gasteiger charge is -2.20. The van der Waals surface area contributed by atoms with Crippen molar-refractivity contribution in [2.75, 3.05) is 14.2 Å². The summed E-state index contributed by atoms with van der Waals surface area (Å²) in [4.78, 5) is 41.3. The lowest BCUT2D eigenvalue weighted by molar-refractivity contribution is -0.143. The Morgan fingerprint density at radius 2 is 1.51 bits per heavy atom. The molecule has 0 aliphatic heterocycles. The van der Waals surface area contributed by atoms with E-state index in [0.29, 0.717) is 45.1 Å². The number of methoxy groups -OCH3 is 2. The molecule has 9 heteroatoms. The number of benzene rings is 3. The summed E-state index contributed by atoms with van der Waals surface area (Å²) >= 11 is 0. The van der Waals surface area contributed by atoms with Gasteiger partial charge in [-0.15, -0.1) is 0 Å². The number of nitrogens with zero attached hydrogens (tertiary/aromatic N) is 2. The number of rotatable bonds is 8. The topological polar surface area (TPSA) is 106 Å². The molecule has 0 atom stereocenters. The van der Waals surface area contributed by atoms with Crippen LogP contribution in [0.25, 0.3) is 38.6 Å². The van der Waals surface area contributed by atoms with Crippen molar-refractivity contribution in [1.82, 2.24) is 9.55 Å². The Hall–Kier alpha value is -5.18. The quantitative estimate of drug-likeness (QED) is 0.237. The van der Waals surface area contributed by atoms with Crippen LogP contribution in [0.1, 0.15) is 25.0 Å². The normalized spacial score (nSPS) is 10.9. The Morgan fingerprint density at radius 1 is 0.805 bits per heavy atom. The third kappa shape index (κ3) is 5.47. The molecule has 0 N–H and O–H groups in total. The molecule has 0 fully saturated rings. The monoisotopic (exact) mass is 552 g/mol. The maximum absolute atomic E-state index is 13.1. The molecule has 5 rings (SSSR count). The maximum atomic E-state index is 13.1. The van der Waals surface area contributed by atoms with Gasteiger partial charge in [0.2, 0.25) is 0 Å². The SMILES string of the molecule is COc1cc2cc(COC(C)=O)c(COC(C)=O)c(-c3ccnc(-n4c(=O)ccc5ccccc54)c3)c2cc1OC. The lowest BCUT2D eigenvalue weighted by Crippen LogP contribution is -2.18. The molecule has 0 unspecified atom stereocenters. The second-order valence-corrected chi connectivity index (χ2v) is 9.35. The molecule has 2 aromatic heterocycles. The molecule has 41 heavy (non-hydrogen) atoms. The van der Waals surface area contributed by atoms with Crippen LogP contribution in [-0.2, 0) is 32.3 Å². The van der Waals surface area contributed by atoms with E-state index in [-0.39, 0.29) is 18.8 Å². The number of para-hydroxylation sites is 1. The molecule has 0 bridgehead atoms. The molecule has 9 nitrogen and oxygen atoms in total. The molecule has 208 valence electrons. The number of hydrogen-bond donors (Lipinski definition) is 0. The zero-order valence-electron chi connectivity index (χ0n) is 23.1. The molecule has 0 spiro atoms. The molecular weight excluding hydrogens is 524 g/mol. The van der Waals surface area contributed by atoms with Crippen LogP contribution in [-0.4, -0.2) is 35.7 Å². The number of esters is 2. The highest BCUT2D eigenvalue weighted by molar-refractivity contribution is 6.01. The van der Waals surface area contributed by atoms with Gasteiger partial charge in [-0.05, 0) is 75.3 Å². The van der Waals surface area contributed by atoms with E-state index in [9.17, 15) is 14.4 Å². The van der Waals surface area contributed by atoms with Crippen molar-refractivity contribution >= 4 is 33.6 Å². The number of aromatic nitrogens is 2. The first-order chi connectivity index (χ1) is 19.8. The minimum atomic E-state index is -0.459. The van der Waals surface area contributed by atoms with E-state index < -0.39 is 11.9 Å². The molecular formula is C32H28N2O7. The van der Waals surface area contributed by atoms with Crippen LogP contribution in [0.5, 0.6) is 11.5 Å². The fraction of sp³-hybridized carbons (Fsp3) is 0.188. The van der Waals surface area contributed by atoms with Gasteiger partial charge in [0.05, 0.1) is 19.7 Å². The highest BCUT2D eigenvalue weighted by Gasteiger charge is 2.21. The number of ether oxygens (including phenoxy) is 4. The summed E-state index contributed by atoms with van der Waals surface area (Å²) in [6, 6.07) is 20.0. The minimum absolute atomic E-state index is 0.0378. The minimum Gasteiger partial charge on any atom is -0.493 e. The molecule has 0 saturated carbocycles. The van der Waals surface area contributed by atoms with E-state index in [1.165, 1.54) is 19.9 Å². The number of pyridine rings is 2. The molecule has 0 aliphatic carbocycles. The fourth-order valence-corrected chi connectivity index (χ4v) is 4.92. The van der Waals surface area contributed by atoms with E-state index in [4.69, 9.17) is 18.9 Å². The van der Waals surface area contributed by atoms with E-state index in [1.807, 2.05) is 54.6 Å². The molecule has 0 aliphatic rings. The highest BCUT2D eigenvalue weighted by Crippen LogP contribution is 2.41. The van der Waals surface area contributed by atoms with E-state index in [1.54, 1.807) is 31.0 Å². The van der Waals surface area contributed by atoms with Gasteiger partial charge in [-0.1, -0.05) is 18.2 Å². The first-order valence-corrected chi connectivity index (χ1v) is 12.9. The van der Waals surface area contributed by atoms with Crippen LogP contribution in [0.4, 0.5) is 0 Å². The Bertz CT molecular complexity index is 1860. The predicted octanol–water partition coefficient (Wildman–Crippen LogP) is 5.35. The van der Waals surface area contributed by atoms with E-state index in [0.717, 1.165) is 16.2 Å². The van der Waals surface area contributed by atoms with Gasteiger partial charge in [-0.25, -0.2) is 4.98 Å². The van der Waals surface area contributed by atoms with Crippen molar-refractivity contribution in [2.24, 2.45) is 0 Å². The highest BCUT2D eigenvalue weighted by atomic mass is 16.5. The average molecular weight is 553 g/mol. The molecule has 0 saturated heterocycles. The summed E-state index contributed by atoms with van der Waals surface area (Å²) in [5.74, 6) is 0.544. The van der Waals surface area contributed by atoms with Crippen molar-refractivity contribution in [3.8, 4) is 28.4 Å². The van der Waals surface area contributed by atoms with Gasteiger partial charge in [0.15, 0.2) is 11.5 Å². The first kappa shape index (κ1) is 27.4. The predicted molar refractivity (Wildman–Crippen MR) is 154 cm³/mol. The Labute approximate surface area is 235 Å². The zero-order valence-corrected chi connectivity index (χ0v) is 23.1. The van der Waals surface area contributed by atoms with E-state index >= 15 is 0 Å². The number of fused-ring (bicyclic) bond motifs is 2. The van der Waals surface area contributed by atoms with Gasteiger partial charge in [0.1, 0.15) is 19.0 Å². The second-order valence-electron chi connectivity index (χ2n) is 9.35. The van der Waals surface area contributed by atoms with Gasteiger partial charge in [0, 0.05) is 31.7 Å². The van der Waals surface area contributed by atoms with Crippen LogP contribution < -0.4 is 15.0 Å². The van der Waals surface area contributed by atoms with Gasteiger partial charge < -0.3 is 18.9 Å². The van der Waals surface area contributed by atoms with E-state index in [2.05, 4.69) is 4.98 Å². The van der Waals surface area contributed by atoms with Crippen LogP contribution in [0.3, 0.4) is 0 Å². The molecule has 0 amide bonds. The fourth-order valence-electron chi connectivity index (χ4n) is 4.92. The van der Waals surface area contributed by atoms with Gasteiger partial charge in [-0.3, -0.25) is 19.0 Å². The summed E-state index contributed by atoms with van der Waals surface area (Å²) in [6.45, 7) is 2.55. The van der Waals surface area contributed by atoms with Crippen molar-refractivity contribution < 1.29 is 28.5 Å². The van der Waals surface area contributed by atoms with Gasteiger partial charge in [0.25, 0.3) is 5.56 Å². The van der Waals surface area contributed by atoms with Crippen LogP contribution >= 0.6 is 0 Å². The molecule has 5 aromatic rings. The van der Waals surface area contributed by atoms with Crippen molar-refractivity contribution in [3.63, 3.8) is 0 Å². The summed E-state index contributed by atoms with van der Waals surface area (Å²) in [7, 11) is 3.10. The number of carbonyl (C=O) groups is 2. The molecule has 0 radical (unpaired) electrons. The third-order valence-corrected chi connectivity index (χ3v) is 6.76. The third-order valence-electron chi connectivity index (χ3n) is 6.76. The largest absolute Gasteiger partial charge is 0.493 e.